The van der Waals surface area contributed by atoms with E-state index in [-0.39, 0.29) is 17.3 Å². The van der Waals surface area contributed by atoms with Crippen molar-refractivity contribution in [3.05, 3.63) is 44.6 Å². The average Bonchev–Trinajstić information content (AvgIpc) is 2.97. The molecule has 3 aromatic rings. The number of methoxy groups -OCH3 is 1. The second kappa shape index (κ2) is 6.95. The highest BCUT2D eigenvalue weighted by molar-refractivity contribution is 5.76. The van der Waals surface area contributed by atoms with E-state index in [9.17, 15) is 9.59 Å². The summed E-state index contributed by atoms with van der Waals surface area (Å²) in [6, 6.07) is 0.289. The fraction of sp³-hybridized carbons (Fsp3) is 0.353. The van der Waals surface area contributed by atoms with Gasteiger partial charge in [0.05, 0.1) is 7.11 Å². The molecule has 0 saturated heterocycles. The number of rotatable bonds is 5. The third-order valence-corrected chi connectivity index (χ3v) is 4.16. The van der Waals surface area contributed by atoms with Gasteiger partial charge in [0.1, 0.15) is 5.82 Å². The number of aryl methyl sites for hydroxylation is 2. The van der Waals surface area contributed by atoms with Crippen LogP contribution < -0.4 is 16.0 Å². The van der Waals surface area contributed by atoms with Gasteiger partial charge in [-0.25, -0.2) is 19.7 Å². The summed E-state index contributed by atoms with van der Waals surface area (Å²) in [4.78, 5) is 37.7. The van der Waals surface area contributed by atoms with Crippen LogP contribution in [0.15, 0.2) is 22.0 Å². The predicted octanol–water partition coefficient (Wildman–Crippen LogP) is 0.905. The molecule has 0 aliphatic carbocycles. The minimum absolute atomic E-state index is 0.289. The Labute approximate surface area is 149 Å². The highest BCUT2D eigenvalue weighted by atomic mass is 16.5. The standard InChI is InChI=1S/C17H20N6O3/c1-5-22-14-13(15(24)23(6-2)17(22)25)21(3)12(20-14)8-7-11-9-18-16(26-4)19-10-11/h7-10H,5-6H2,1-4H3. The molecule has 0 N–H and O–H groups in total. The van der Waals surface area contributed by atoms with Gasteiger partial charge < -0.3 is 9.30 Å². The lowest BCUT2D eigenvalue weighted by Gasteiger charge is -2.08. The van der Waals surface area contributed by atoms with Crippen LogP contribution in [0.2, 0.25) is 0 Å². The molecule has 0 fully saturated rings. The van der Waals surface area contributed by atoms with Gasteiger partial charge in [-0.2, -0.15) is 0 Å². The highest BCUT2D eigenvalue weighted by Crippen LogP contribution is 2.13. The van der Waals surface area contributed by atoms with Crippen LogP contribution in [0.1, 0.15) is 25.2 Å². The Balaban J connectivity index is 2.14. The van der Waals surface area contributed by atoms with Crippen LogP contribution in [0.4, 0.5) is 0 Å². The molecule has 0 aromatic carbocycles. The van der Waals surface area contributed by atoms with Gasteiger partial charge in [0.2, 0.25) is 0 Å². The lowest BCUT2D eigenvalue weighted by molar-refractivity contribution is 0.379. The Kier molecular flexibility index (Phi) is 4.70. The summed E-state index contributed by atoms with van der Waals surface area (Å²) in [5.41, 5.74) is 0.875. The van der Waals surface area contributed by atoms with Crippen molar-refractivity contribution in [2.75, 3.05) is 7.11 Å². The normalized spacial score (nSPS) is 11.5. The average molecular weight is 356 g/mol. The molecule has 0 radical (unpaired) electrons. The van der Waals surface area contributed by atoms with Gasteiger partial charge in [-0.3, -0.25) is 13.9 Å². The SMILES string of the molecule is CCn1c(=O)c2c(nc(C=Cc3cnc(OC)nc3)n2C)n(CC)c1=O. The largest absolute Gasteiger partial charge is 0.467 e. The summed E-state index contributed by atoms with van der Waals surface area (Å²) >= 11 is 0. The Morgan fingerprint density at radius 2 is 1.73 bits per heavy atom. The maximum absolute atomic E-state index is 12.7. The summed E-state index contributed by atoms with van der Waals surface area (Å²) in [5.74, 6) is 0.559. The Morgan fingerprint density at radius 1 is 1.08 bits per heavy atom. The summed E-state index contributed by atoms with van der Waals surface area (Å²) in [6.07, 6.45) is 6.78. The van der Waals surface area contributed by atoms with Crippen LogP contribution in [-0.2, 0) is 20.1 Å². The number of nitrogens with zero attached hydrogens (tertiary/aromatic N) is 6. The fourth-order valence-electron chi connectivity index (χ4n) is 2.78. The molecule has 9 nitrogen and oxygen atoms in total. The molecular formula is C17H20N6O3. The Hall–Kier alpha value is -3.23. The smallest absolute Gasteiger partial charge is 0.332 e. The van der Waals surface area contributed by atoms with Gasteiger partial charge in [0, 0.05) is 38.1 Å². The summed E-state index contributed by atoms with van der Waals surface area (Å²) < 4.78 is 9.35. The maximum Gasteiger partial charge on any atom is 0.332 e. The zero-order valence-electron chi connectivity index (χ0n) is 15.1. The number of hydrogen-bond donors (Lipinski definition) is 0. The summed E-state index contributed by atoms with van der Waals surface area (Å²) in [5, 5.41) is 0. The van der Waals surface area contributed by atoms with E-state index >= 15 is 0 Å². The fourth-order valence-corrected chi connectivity index (χ4v) is 2.78. The molecule has 3 aromatic heterocycles. The summed E-state index contributed by atoms with van der Waals surface area (Å²) in [7, 11) is 3.26. The van der Waals surface area contributed by atoms with E-state index < -0.39 is 0 Å². The van der Waals surface area contributed by atoms with E-state index in [1.165, 1.54) is 16.2 Å². The van der Waals surface area contributed by atoms with Gasteiger partial charge in [0.25, 0.3) is 5.56 Å². The molecule has 26 heavy (non-hydrogen) atoms. The monoisotopic (exact) mass is 356 g/mol. The first-order valence-electron chi connectivity index (χ1n) is 8.26. The molecule has 0 aliphatic rings. The first-order valence-corrected chi connectivity index (χ1v) is 8.26. The van der Waals surface area contributed by atoms with E-state index in [0.717, 1.165) is 5.56 Å². The van der Waals surface area contributed by atoms with Gasteiger partial charge in [-0.1, -0.05) is 0 Å². The molecule has 0 bridgehead atoms. The molecule has 136 valence electrons. The second-order valence-electron chi connectivity index (χ2n) is 5.61. The minimum Gasteiger partial charge on any atom is -0.467 e. The van der Waals surface area contributed by atoms with Crippen LogP contribution in [0.5, 0.6) is 6.01 Å². The Bertz CT molecular complexity index is 1090. The maximum atomic E-state index is 12.7. The zero-order chi connectivity index (χ0) is 18.8. The quantitative estimate of drug-likeness (QED) is 0.674. The molecule has 9 heteroatoms. The molecule has 3 heterocycles. The van der Waals surface area contributed by atoms with Gasteiger partial charge >= 0.3 is 11.7 Å². The van der Waals surface area contributed by atoms with Gasteiger partial charge in [-0.15, -0.1) is 0 Å². The van der Waals surface area contributed by atoms with E-state index in [1.54, 1.807) is 43.1 Å². The molecule has 0 aliphatic heterocycles. The number of hydrogen-bond acceptors (Lipinski definition) is 6. The summed E-state index contributed by atoms with van der Waals surface area (Å²) in [6.45, 7) is 4.37. The van der Waals surface area contributed by atoms with Crippen molar-refractivity contribution < 1.29 is 4.74 Å². The van der Waals surface area contributed by atoms with Crippen LogP contribution in [0.3, 0.4) is 0 Å². The lowest BCUT2D eigenvalue weighted by Crippen LogP contribution is -2.39. The van der Waals surface area contributed by atoms with Crippen LogP contribution in [0, 0.1) is 0 Å². The zero-order valence-corrected chi connectivity index (χ0v) is 15.1. The number of imidazole rings is 1. The van der Waals surface area contributed by atoms with Crippen molar-refractivity contribution in [3.8, 4) is 6.01 Å². The van der Waals surface area contributed by atoms with E-state index in [0.29, 0.717) is 30.1 Å². The van der Waals surface area contributed by atoms with Crippen LogP contribution >= 0.6 is 0 Å². The second-order valence-corrected chi connectivity index (χ2v) is 5.61. The first kappa shape index (κ1) is 17.6. The number of fused-ring (bicyclic) bond motifs is 1. The molecule has 3 rings (SSSR count). The molecule has 0 saturated carbocycles. The first-order chi connectivity index (χ1) is 12.5. The molecule has 0 unspecified atom stereocenters. The minimum atomic E-state index is -0.343. The van der Waals surface area contributed by atoms with Crippen molar-refractivity contribution >= 4 is 23.3 Å². The molecule has 0 atom stereocenters. The van der Waals surface area contributed by atoms with Crippen molar-refractivity contribution in [2.24, 2.45) is 7.05 Å². The third kappa shape index (κ3) is 2.81. The number of aromatic nitrogens is 6. The van der Waals surface area contributed by atoms with Crippen molar-refractivity contribution in [3.63, 3.8) is 0 Å². The molecule has 0 spiro atoms. The van der Waals surface area contributed by atoms with Crippen LogP contribution in [0.25, 0.3) is 23.3 Å². The topological polar surface area (TPSA) is 96.8 Å². The van der Waals surface area contributed by atoms with Gasteiger partial charge in [-0.05, 0) is 26.0 Å². The van der Waals surface area contributed by atoms with Crippen molar-refractivity contribution in [1.29, 1.82) is 0 Å². The molecular weight excluding hydrogens is 336 g/mol. The molecule has 0 amide bonds. The highest BCUT2D eigenvalue weighted by Gasteiger charge is 2.17. The number of ether oxygens (including phenoxy) is 1. The Morgan fingerprint density at radius 3 is 2.31 bits per heavy atom. The van der Waals surface area contributed by atoms with E-state index in [2.05, 4.69) is 15.0 Å². The lowest BCUT2D eigenvalue weighted by atomic mass is 10.3. The van der Waals surface area contributed by atoms with E-state index in [4.69, 9.17) is 4.74 Å². The third-order valence-electron chi connectivity index (χ3n) is 4.16. The van der Waals surface area contributed by atoms with Crippen LogP contribution in [-0.4, -0.2) is 35.8 Å². The predicted molar refractivity (Wildman–Crippen MR) is 98.1 cm³/mol. The van der Waals surface area contributed by atoms with E-state index in [1.807, 2.05) is 6.92 Å². The van der Waals surface area contributed by atoms with Gasteiger partial charge in [0.15, 0.2) is 11.2 Å². The van der Waals surface area contributed by atoms with Crippen molar-refractivity contribution in [2.45, 2.75) is 26.9 Å². The van der Waals surface area contributed by atoms with Crippen molar-refractivity contribution in [1.82, 2.24) is 28.7 Å².